The lowest BCUT2D eigenvalue weighted by Crippen LogP contribution is -1.94. The molecule has 106 valence electrons. The van der Waals surface area contributed by atoms with Crippen LogP contribution >= 0.6 is 34.8 Å². The number of hydrogen-bond donors (Lipinski definition) is 0. The van der Waals surface area contributed by atoms with E-state index < -0.39 is 0 Å². The molecule has 21 heavy (non-hydrogen) atoms. The number of hydrogen-bond acceptors (Lipinski definition) is 2. The predicted octanol–water partition coefficient (Wildman–Crippen LogP) is 5.87. The number of rotatable bonds is 1. The van der Waals surface area contributed by atoms with Crippen LogP contribution in [0, 0.1) is 13.8 Å². The quantitative estimate of drug-likeness (QED) is 0.519. The van der Waals surface area contributed by atoms with Gasteiger partial charge in [0.1, 0.15) is 5.15 Å². The summed E-state index contributed by atoms with van der Waals surface area (Å²) >= 11 is 18.7. The lowest BCUT2D eigenvalue weighted by molar-refractivity contribution is 1.22. The first-order chi connectivity index (χ1) is 9.95. The molecule has 5 heteroatoms. The summed E-state index contributed by atoms with van der Waals surface area (Å²) in [7, 11) is 0. The van der Waals surface area contributed by atoms with E-state index in [0.29, 0.717) is 26.5 Å². The van der Waals surface area contributed by atoms with Crippen LogP contribution in [-0.4, -0.2) is 9.97 Å². The van der Waals surface area contributed by atoms with Gasteiger partial charge in [-0.3, -0.25) is 0 Å². The summed E-state index contributed by atoms with van der Waals surface area (Å²) in [5, 5.41) is 2.37. The molecule has 0 amide bonds. The third-order valence-corrected chi connectivity index (χ3v) is 4.06. The van der Waals surface area contributed by atoms with Crippen molar-refractivity contribution in [2.45, 2.75) is 13.8 Å². The maximum atomic E-state index is 6.33. The molecule has 0 bridgehead atoms. The van der Waals surface area contributed by atoms with Gasteiger partial charge in [0, 0.05) is 16.0 Å². The van der Waals surface area contributed by atoms with E-state index in [0.717, 1.165) is 22.1 Å². The molecule has 0 fully saturated rings. The summed E-state index contributed by atoms with van der Waals surface area (Å²) in [5.74, 6) is 0.519. The van der Waals surface area contributed by atoms with Crippen LogP contribution in [0.15, 0.2) is 30.3 Å². The Labute approximate surface area is 137 Å². The maximum Gasteiger partial charge on any atom is 0.161 e. The first-order valence-corrected chi connectivity index (χ1v) is 7.49. The highest BCUT2D eigenvalue weighted by Crippen LogP contribution is 2.32. The molecule has 1 aromatic heterocycles. The van der Waals surface area contributed by atoms with E-state index >= 15 is 0 Å². The van der Waals surface area contributed by atoms with E-state index in [9.17, 15) is 0 Å². The van der Waals surface area contributed by atoms with Gasteiger partial charge < -0.3 is 0 Å². The number of nitrogens with zero attached hydrogens (tertiary/aromatic N) is 2. The highest BCUT2D eigenvalue weighted by molar-refractivity contribution is 6.39. The molecular weight excluding hydrogens is 327 g/mol. The van der Waals surface area contributed by atoms with Crippen LogP contribution in [0.2, 0.25) is 15.2 Å². The minimum Gasteiger partial charge on any atom is -0.226 e. The lowest BCUT2D eigenvalue weighted by atomic mass is 10.1. The maximum absolute atomic E-state index is 6.33. The molecule has 3 rings (SSSR count). The van der Waals surface area contributed by atoms with Crippen molar-refractivity contribution in [1.29, 1.82) is 0 Å². The average molecular weight is 338 g/mol. The summed E-state index contributed by atoms with van der Waals surface area (Å²) in [6, 6.07) is 9.38. The molecule has 2 aromatic carbocycles. The van der Waals surface area contributed by atoms with Crippen molar-refractivity contribution in [1.82, 2.24) is 9.97 Å². The van der Waals surface area contributed by atoms with Crippen molar-refractivity contribution in [2.75, 3.05) is 0 Å². The Morgan fingerprint density at radius 3 is 2.38 bits per heavy atom. The molecule has 0 saturated carbocycles. The molecular formula is C16H11Cl3N2. The average Bonchev–Trinajstić information content (AvgIpc) is 2.41. The monoisotopic (exact) mass is 336 g/mol. The Kier molecular flexibility index (Phi) is 3.78. The van der Waals surface area contributed by atoms with Gasteiger partial charge in [-0.1, -0.05) is 40.9 Å². The minimum absolute atomic E-state index is 0.396. The largest absolute Gasteiger partial charge is 0.226 e. The fourth-order valence-electron chi connectivity index (χ4n) is 2.31. The van der Waals surface area contributed by atoms with Gasteiger partial charge in [-0.2, -0.15) is 0 Å². The van der Waals surface area contributed by atoms with Crippen LogP contribution in [0.4, 0.5) is 0 Å². The van der Waals surface area contributed by atoms with Crippen molar-refractivity contribution >= 4 is 45.7 Å². The highest BCUT2D eigenvalue weighted by Gasteiger charge is 2.13. The number of benzene rings is 2. The molecule has 0 unspecified atom stereocenters. The van der Waals surface area contributed by atoms with Gasteiger partial charge in [0.2, 0.25) is 0 Å². The van der Waals surface area contributed by atoms with E-state index in [1.165, 1.54) is 0 Å². The third-order valence-electron chi connectivity index (χ3n) is 3.27. The summed E-state index contributed by atoms with van der Waals surface area (Å²) in [5.41, 5.74) is 3.51. The Hall–Kier alpha value is -1.35. The normalized spacial score (nSPS) is 11.1. The number of halogens is 3. The molecule has 0 aliphatic rings. The zero-order valence-electron chi connectivity index (χ0n) is 11.4. The lowest BCUT2D eigenvalue weighted by Gasteiger charge is -2.09. The highest BCUT2D eigenvalue weighted by atomic mass is 35.5. The summed E-state index contributed by atoms with van der Waals surface area (Å²) in [6.07, 6.45) is 0. The van der Waals surface area contributed by atoms with Gasteiger partial charge in [0.15, 0.2) is 5.82 Å². The smallest absolute Gasteiger partial charge is 0.161 e. The fourth-order valence-corrected chi connectivity index (χ4v) is 3.12. The van der Waals surface area contributed by atoms with E-state index in [4.69, 9.17) is 34.8 Å². The van der Waals surface area contributed by atoms with Gasteiger partial charge in [-0.15, -0.1) is 0 Å². The summed E-state index contributed by atoms with van der Waals surface area (Å²) in [4.78, 5) is 8.96. The van der Waals surface area contributed by atoms with Gasteiger partial charge in [-0.25, -0.2) is 9.97 Å². The molecule has 1 heterocycles. The minimum atomic E-state index is 0.396. The number of fused-ring (bicyclic) bond motifs is 1. The van der Waals surface area contributed by atoms with Gasteiger partial charge in [0.25, 0.3) is 0 Å². The zero-order valence-corrected chi connectivity index (χ0v) is 13.7. The van der Waals surface area contributed by atoms with E-state index in [1.807, 2.05) is 44.2 Å². The SMILES string of the molecule is Cc1cc(Cl)cc(-c2nc(Cl)c3c(C)ccc(Cl)c3n2)c1. The summed E-state index contributed by atoms with van der Waals surface area (Å²) < 4.78 is 0. The second kappa shape index (κ2) is 5.45. The second-order valence-electron chi connectivity index (χ2n) is 4.94. The van der Waals surface area contributed by atoms with Crippen LogP contribution in [0.1, 0.15) is 11.1 Å². The molecule has 0 atom stereocenters. The van der Waals surface area contributed by atoms with Crippen molar-refractivity contribution in [3.8, 4) is 11.4 Å². The molecule has 0 spiro atoms. The zero-order chi connectivity index (χ0) is 15.1. The van der Waals surface area contributed by atoms with E-state index in [-0.39, 0.29) is 0 Å². The predicted molar refractivity (Wildman–Crippen MR) is 89.5 cm³/mol. The van der Waals surface area contributed by atoms with Crippen LogP contribution in [0.25, 0.3) is 22.3 Å². The third kappa shape index (κ3) is 2.71. The number of aromatic nitrogens is 2. The van der Waals surface area contributed by atoms with E-state index in [1.54, 1.807) is 0 Å². The Bertz CT molecular complexity index is 840. The van der Waals surface area contributed by atoms with Gasteiger partial charge >= 0.3 is 0 Å². The first-order valence-electron chi connectivity index (χ1n) is 6.35. The Morgan fingerprint density at radius 2 is 1.67 bits per heavy atom. The Morgan fingerprint density at radius 1 is 0.905 bits per heavy atom. The summed E-state index contributed by atoms with van der Waals surface area (Å²) in [6.45, 7) is 3.92. The van der Waals surface area contributed by atoms with Gasteiger partial charge in [-0.05, 0) is 49.2 Å². The van der Waals surface area contributed by atoms with E-state index in [2.05, 4.69) is 9.97 Å². The standard InChI is InChI=1S/C16H11Cl3N2/c1-8-5-10(7-11(17)6-8)16-20-14-12(18)4-3-9(2)13(14)15(19)21-16/h3-7H,1-2H3. The number of aryl methyl sites for hydroxylation is 2. The van der Waals surface area contributed by atoms with Crippen molar-refractivity contribution in [3.05, 3.63) is 56.7 Å². The molecule has 0 aliphatic heterocycles. The van der Waals surface area contributed by atoms with Crippen LogP contribution < -0.4 is 0 Å². The molecule has 3 aromatic rings. The molecule has 0 radical (unpaired) electrons. The molecule has 0 saturated heterocycles. The van der Waals surface area contributed by atoms with Crippen LogP contribution in [0.3, 0.4) is 0 Å². The van der Waals surface area contributed by atoms with Gasteiger partial charge in [0.05, 0.1) is 10.5 Å². The Balaban J connectivity index is 2.32. The fraction of sp³-hybridized carbons (Fsp3) is 0.125. The van der Waals surface area contributed by atoms with Crippen molar-refractivity contribution < 1.29 is 0 Å². The topological polar surface area (TPSA) is 25.8 Å². The first kappa shape index (κ1) is 14.6. The molecule has 2 nitrogen and oxygen atoms in total. The van der Waals surface area contributed by atoms with Crippen LogP contribution in [0.5, 0.6) is 0 Å². The van der Waals surface area contributed by atoms with Crippen molar-refractivity contribution in [2.24, 2.45) is 0 Å². The van der Waals surface area contributed by atoms with Crippen LogP contribution in [-0.2, 0) is 0 Å². The van der Waals surface area contributed by atoms with Crippen molar-refractivity contribution in [3.63, 3.8) is 0 Å². The molecule has 0 aliphatic carbocycles. The molecule has 0 N–H and O–H groups in total. The second-order valence-corrected chi connectivity index (χ2v) is 6.14.